The molecule has 1 aliphatic rings. The van der Waals surface area contributed by atoms with Crippen molar-refractivity contribution in [1.82, 2.24) is 4.31 Å². The highest BCUT2D eigenvalue weighted by atomic mass is 35.5. The lowest BCUT2D eigenvalue weighted by Gasteiger charge is -2.15. The van der Waals surface area contributed by atoms with Crippen LogP contribution in [-0.2, 0) is 14.8 Å². The zero-order valence-electron chi connectivity index (χ0n) is 12.7. The summed E-state index contributed by atoms with van der Waals surface area (Å²) in [7, 11) is -3.95. The molecule has 1 amide bonds. The molecule has 0 atom stereocenters. The highest BCUT2D eigenvalue weighted by Gasteiger charge is 2.40. The number of ether oxygens (including phenoxy) is 1. The van der Waals surface area contributed by atoms with Crippen LogP contribution < -0.4 is 0 Å². The molecular weight excluding hydrogens is 370 g/mol. The van der Waals surface area contributed by atoms with Crippen molar-refractivity contribution in [3.63, 3.8) is 0 Å². The SMILES string of the molecule is O=C(OCCN1C(=O)c2ccccc2S1(=O)=O)c1ccc(Cl)cc1O. The Balaban J connectivity index is 1.69. The quantitative estimate of drug-likeness (QED) is 0.813. The van der Waals surface area contributed by atoms with Gasteiger partial charge in [0.1, 0.15) is 22.8 Å². The second kappa shape index (κ2) is 6.38. The first-order valence-corrected chi connectivity index (χ1v) is 8.96. The lowest BCUT2D eigenvalue weighted by atomic mass is 10.2. The Hall–Kier alpha value is -2.58. The minimum Gasteiger partial charge on any atom is -0.507 e. The van der Waals surface area contributed by atoms with Crippen molar-refractivity contribution in [1.29, 1.82) is 0 Å². The molecule has 130 valence electrons. The number of phenolic OH excluding ortho intramolecular Hbond substituents is 1. The van der Waals surface area contributed by atoms with Gasteiger partial charge in [-0.2, -0.15) is 0 Å². The Kier molecular flexibility index (Phi) is 4.40. The van der Waals surface area contributed by atoms with E-state index in [4.69, 9.17) is 16.3 Å². The number of hydrogen-bond acceptors (Lipinski definition) is 6. The van der Waals surface area contributed by atoms with Gasteiger partial charge in [-0.25, -0.2) is 17.5 Å². The van der Waals surface area contributed by atoms with Crippen LogP contribution in [0.3, 0.4) is 0 Å². The van der Waals surface area contributed by atoms with Crippen LogP contribution in [-0.4, -0.2) is 42.9 Å². The number of aromatic hydroxyl groups is 1. The summed E-state index contributed by atoms with van der Waals surface area (Å²) < 4.78 is 30.3. The standard InChI is InChI=1S/C16H12ClNO6S/c17-10-5-6-11(13(19)9-10)16(21)24-8-7-18-15(20)12-3-1-2-4-14(12)25(18,22)23/h1-6,9,19H,7-8H2. The maximum Gasteiger partial charge on any atom is 0.341 e. The lowest BCUT2D eigenvalue weighted by molar-refractivity contribution is 0.0474. The molecule has 9 heteroatoms. The molecule has 0 aromatic heterocycles. The fourth-order valence-electron chi connectivity index (χ4n) is 2.43. The molecule has 3 rings (SSSR count). The molecule has 0 bridgehead atoms. The smallest absolute Gasteiger partial charge is 0.341 e. The average molecular weight is 382 g/mol. The van der Waals surface area contributed by atoms with Crippen LogP contribution in [0.15, 0.2) is 47.4 Å². The summed E-state index contributed by atoms with van der Waals surface area (Å²) in [6.45, 7) is -0.671. The van der Waals surface area contributed by atoms with Gasteiger partial charge >= 0.3 is 5.97 Å². The molecule has 0 aliphatic carbocycles. The first-order valence-electron chi connectivity index (χ1n) is 7.14. The molecule has 25 heavy (non-hydrogen) atoms. The monoisotopic (exact) mass is 381 g/mol. The Morgan fingerprint density at radius 2 is 1.92 bits per heavy atom. The van der Waals surface area contributed by atoms with Crippen LogP contribution >= 0.6 is 11.6 Å². The minimum atomic E-state index is -3.95. The van der Waals surface area contributed by atoms with Gasteiger partial charge in [-0.1, -0.05) is 23.7 Å². The van der Waals surface area contributed by atoms with E-state index in [0.29, 0.717) is 4.31 Å². The van der Waals surface area contributed by atoms with Gasteiger partial charge in [-0.3, -0.25) is 4.79 Å². The molecule has 1 aliphatic heterocycles. The third kappa shape index (κ3) is 3.06. The van der Waals surface area contributed by atoms with Gasteiger partial charge in [0.2, 0.25) is 0 Å². The first-order chi connectivity index (χ1) is 11.8. The molecule has 1 N–H and O–H groups in total. The largest absolute Gasteiger partial charge is 0.507 e. The van der Waals surface area contributed by atoms with Crippen molar-refractivity contribution in [2.75, 3.05) is 13.2 Å². The number of nitrogens with zero attached hydrogens (tertiary/aromatic N) is 1. The van der Waals surface area contributed by atoms with E-state index in [2.05, 4.69) is 0 Å². The number of carbonyl (C=O) groups is 2. The number of sulfonamides is 1. The number of benzene rings is 2. The highest BCUT2D eigenvalue weighted by molar-refractivity contribution is 7.90. The maximum atomic E-state index is 12.3. The topological polar surface area (TPSA) is 101 Å². The van der Waals surface area contributed by atoms with Crippen LogP contribution in [0.1, 0.15) is 20.7 Å². The first kappa shape index (κ1) is 17.2. The van der Waals surface area contributed by atoms with E-state index in [9.17, 15) is 23.1 Å². The number of fused-ring (bicyclic) bond motifs is 1. The van der Waals surface area contributed by atoms with Gasteiger partial charge in [0.15, 0.2) is 0 Å². The fraction of sp³-hybridized carbons (Fsp3) is 0.125. The predicted octanol–water partition coefficient (Wildman–Crippen LogP) is 2.05. The maximum absolute atomic E-state index is 12.3. The average Bonchev–Trinajstić information content (AvgIpc) is 2.76. The summed E-state index contributed by atoms with van der Waals surface area (Å²) in [6.07, 6.45) is 0. The van der Waals surface area contributed by atoms with E-state index in [-0.39, 0.29) is 39.9 Å². The van der Waals surface area contributed by atoms with Crippen molar-refractivity contribution in [2.24, 2.45) is 0 Å². The van der Waals surface area contributed by atoms with Gasteiger partial charge in [-0.15, -0.1) is 0 Å². The molecular formula is C16H12ClNO6S. The second-order valence-electron chi connectivity index (χ2n) is 5.18. The Bertz CT molecular complexity index is 972. The molecule has 1 heterocycles. The summed E-state index contributed by atoms with van der Waals surface area (Å²) in [5.41, 5.74) is -0.0209. The molecule has 0 spiro atoms. The van der Waals surface area contributed by atoms with Gasteiger partial charge < -0.3 is 9.84 Å². The van der Waals surface area contributed by atoms with E-state index >= 15 is 0 Å². The summed E-state index contributed by atoms with van der Waals surface area (Å²) in [5.74, 6) is -1.87. The van der Waals surface area contributed by atoms with Crippen LogP contribution in [0.25, 0.3) is 0 Å². The molecule has 0 radical (unpaired) electrons. The minimum absolute atomic E-state index is 0.0679. The number of carbonyl (C=O) groups excluding carboxylic acids is 2. The number of rotatable bonds is 4. The zero-order valence-corrected chi connectivity index (χ0v) is 14.2. The number of phenols is 1. The van der Waals surface area contributed by atoms with Crippen molar-refractivity contribution in [3.8, 4) is 5.75 Å². The molecule has 0 unspecified atom stereocenters. The van der Waals surface area contributed by atoms with Crippen LogP contribution in [0.2, 0.25) is 5.02 Å². The lowest BCUT2D eigenvalue weighted by Crippen LogP contribution is -2.33. The molecule has 0 saturated heterocycles. The van der Waals surface area contributed by atoms with Gasteiger partial charge in [-0.05, 0) is 30.3 Å². The third-order valence-electron chi connectivity index (χ3n) is 3.62. The van der Waals surface area contributed by atoms with E-state index in [1.165, 1.54) is 36.4 Å². The highest BCUT2D eigenvalue weighted by Crippen LogP contribution is 2.29. The number of amides is 1. The van der Waals surface area contributed by atoms with E-state index in [1.807, 2.05) is 0 Å². The van der Waals surface area contributed by atoms with Crippen LogP contribution in [0, 0.1) is 0 Å². The van der Waals surface area contributed by atoms with E-state index in [0.717, 1.165) is 0 Å². The normalized spacial score (nSPS) is 15.1. The summed E-state index contributed by atoms with van der Waals surface area (Å²) in [6, 6.07) is 9.74. The Labute approximate surface area is 148 Å². The number of halogens is 1. The van der Waals surface area contributed by atoms with Gasteiger partial charge in [0.05, 0.1) is 12.1 Å². The molecule has 2 aromatic rings. The van der Waals surface area contributed by atoms with Crippen molar-refractivity contribution < 1.29 is 27.9 Å². The summed E-state index contributed by atoms with van der Waals surface area (Å²) >= 11 is 5.68. The Morgan fingerprint density at radius 3 is 2.60 bits per heavy atom. The van der Waals surface area contributed by atoms with Gasteiger partial charge in [0, 0.05) is 5.02 Å². The van der Waals surface area contributed by atoms with Crippen LogP contribution in [0.4, 0.5) is 0 Å². The summed E-state index contributed by atoms with van der Waals surface area (Å²) in [5, 5.41) is 9.92. The summed E-state index contributed by atoms with van der Waals surface area (Å²) in [4.78, 5) is 24.1. The van der Waals surface area contributed by atoms with Gasteiger partial charge in [0.25, 0.3) is 15.9 Å². The predicted molar refractivity (Wildman–Crippen MR) is 88.1 cm³/mol. The Morgan fingerprint density at radius 1 is 1.20 bits per heavy atom. The molecule has 0 saturated carbocycles. The zero-order chi connectivity index (χ0) is 18.2. The van der Waals surface area contributed by atoms with Crippen LogP contribution in [0.5, 0.6) is 5.75 Å². The van der Waals surface area contributed by atoms with Crippen molar-refractivity contribution in [2.45, 2.75) is 4.90 Å². The third-order valence-corrected chi connectivity index (χ3v) is 5.69. The van der Waals surface area contributed by atoms with E-state index in [1.54, 1.807) is 6.07 Å². The van der Waals surface area contributed by atoms with E-state index < -0.39 is 21.9 Å². The van der Waals surface area contributed by atoms with Crippen molar-refractivity contribution in [3.05, 3.63) is 58.6 Å². The molecule has 7 nitrogen and oxygen atoms in total. The fourth-order valence-corrected chi connectivity index (χ4v) is 4.15. The second-order valence-corrected chi connectivity index (χ2v) is 7.44. The molecule has 2 aromatic carbocycles. The number of hydrogen-bond donors (Lipinski definition) is 1. The molecule has 0 fully saturated rings. The van der Waals surface area contributed by atoms with Crippen molar-refractivity contribution >= 4 is 33.5 Å². The number of esters is 1.